The molecule has 0 fully saturated rings. The molecule has 0 bridgehead atoms. The minimum atomic E-state index is 0.0306. The fourth-order valence-electron chi connectivity index (χ4n) is 1.11. The summed E-state index contributed by atoms with van der Waals surface area (Å²) in [5, 5.41) is 5.12. The van der Waals surface area contributed by atoms with E-state index in [9.17, 15) is 0 Å². The van der Waals surface area contributed by atoms with E-state index in [1.807, 2.05) is 6.92 Å². The predicted octanol–water partition coefficient (Wildman–Crippen LogP) is 3.62. The number of aromatic nitrogens is 2. The van der Waals surface area contributed by atoms with Crippen molar-refractivity contribution in [1.82, 2.24) is 9.78 Å². The summed E-state index contributed by atoms with van der Waals surface area (Å²) in [5.41, 5.74) is 1.04. The fraction of sp³-hybridized carbons (Fsp3) is 0.667. The van der Waals surface area contributed by atoms with Crippen molar-refractivity contribution >= 4 is 27.5 Å². The van der Waals surface area contributed by atoms with Crippen molar-refractivity contribution in [3.05, 3.63) is 15.3 Å². The van der Waals surface area contributed by atoms with Crippen LogP contribution in [0, 0.1) is 0 Å². The molecule has 0 saturated carbocycles. The SMILES string of the molecule is CCn1nc(C(C)(C)C)c(Br)c1Cl. The van der Waals surface area contributed by atoms with E-state index >= 15 is 0 Å². The van der Waals surface area contributed by atoms with Crippen molar-refractivity contribution < 1.29 is 0 Å². The van der Waals surface area contributed by atoms with Gasteiger partial charge in [0.2, 0.25) is 0 Å². The number of aryl methyl sites for hydroxylation is 1. The molecule has 74 valence electrons. The van der Waals surface area contributed by atoms with Gasteiger partial charge in [0.25, 0.3) is 0 Å². The smallest absolute Gasteiger partial charge is 0.141 e. The highest BCUT2D eigenvalue weighted by Crippen LogP contribution is 2.33. The second kappa shape index (κ2) is 3.62. The standard InChI is InChI=1S/C9H14BrClN2/c1-5-13-8(11)6(10)7(12-13)9(2,3)4/h5H2,1-4H3. The maximum atomic E-state index is 6.07. The lowest BCUT2D eigenvalue weighted by Gasteiger charge is -2.15. The Labute approximate surface area is 92.4 Å². The number of halogens is 2. The summed E-state index contributed by atoms with van der Waals surface area (Å²) in [7, 11) is 0. The van der Waals surface area contributed by atoms with E-state index in [1.54, 1.807) is 4.68 Å². The van der Waals surface area contributed by atoms with Crippen LogP contribution in [0.4, 0.5) is 0 Å². The highest BCUT2D eigenvalue weighted by molar-refractivity contribution is 9.10. The summed E-state index contributed by atoms with van der Waals surface area (Å²) < 4.78 is 2.72. The number of nitrogens with zero attached hydrogens (tertiary/aromatic N) is 2. The van der Waals surface area contributed by atoms with E-state index in [2.05, 4.69) is 41.8 Å². The third-order valence-electron chi connectivity index (χ3n) is 1.85. The van der Waals surface area contributed by atoms with Crippen LogP contribution in [0.25, 0.3) is 0 Å². The summed E-state index contributed by atoms with van der Waals surface area (Å²) >= 11 is 9.54. The van der Waals surface area contributed by atoms with Gasteiger partial charge in [-0.15, -0.1) is 0 Å². The molecule has 0 saturated heterocycles. The van der Waals surface area contributed by atoms with Crippen LogP contribution in [-0.4, -0.2) is 9.78 Å². The lowest BCUT2D eigenvalue weighted by Crippen LogP contribution is -2.13. The minimum absolute atomic E-state index is 0.0306. The fourth-order valence-corrected chi connectivity index (χ4v) is 2.23. The van der Waals surface area contributed by atoms with Gasteiger partial charge in [0.15, 0.2) is 0 Å². The first kappa shape index (κ1) is 11.1. The van der Waals surface area contributed by atoms with Crippen molar-refractivity contribution in [3.8, 4) is 0 Å². The van der Waals surface area contributed by atoms with Crippen LogP contribution >= 0.6 is 27.5 Å². The molecule has 0 unspecified atom stereocenters. The molecule has 0 amide bonds. The molecule has 4 heteroatoms. The molecule has 0 aliphatic heterocycles. The average molecular weight is 266 g/mol. The second-order valence-corrected chi connectivity index (χ2v) is 5.17. The Balaban J connectivity index is 3.25. The molecule has 0 aromatic carbocycles. The summed E-state index contributed by atoms with van der Waals surface area (Å²) in [6.45, 7) is 9.19. The Kier molecular flexibility index (Phi) is 3.08. The maximum absolute atomic E-state index is 6.07. The highest BCUT2D eigenvalue weighted by atomic mass is 79.9. The molecule has 1 aromatic heterocycles. The molecule has 0 radical (unpaired) electrons. The van der Waals surface area contributed by atoms with Crippen LogP contribution in [0.2, 0.25) is 5.15 Å². The van der Waals surface area contributed by atoms with E-state index in [0.29, 0.717) is 5.15 Å². The Morgan fingerprint density at radius 1 is 1.46 bits per heavy atom. The lowest BCUT2D eigenvalue weighted by atomic mass is 9.93. The molecular weight excluding hydrogens is 251 g/mol. The van der Waals surface area contributed by atoms with Crippen molar-refractivity contribution in [3.63, 3.8) is 0 Å². The zero-order valence-electron chi connectivity index (χ0n) is 8.36. The zero-order chi connectivity index (χ0) is 10.2. The summed E-state index contributed by atoms with van der Waals surface area (Å²) in [4.78, 5) is 0. The average Bonchev–Trinajstić information content (AvgIpc) is 2.28. The largest absolute Gasteiger partial charge is 0.253 e. The monoisotopic (exact) mass is 264 g/mol. The zero-order valence-corrected chi connectivity index (χ0v) is 10.7. The summed E-state index contributed by atoms with van der Waals surface area (Å²) in [5.74, 6) is 0. The molecule has 1 heterocycles. The van der Waals surface area contributed by atoms with Crippen molar-refractivity contribution in [1.29, 1.82) is 0 Å². The van der Waals surface area contributed by atoms with Crippen LogP contribution in [0.15, 0.2) is 4.47 Å². The third kappa shape index (κ3) is 2.08. The van der Waals surface area contributed by atoms with E-state index in [1.165, 1.54) is 0 Å². The van der Waals surface area contributed by atoms with Gasteiger partial charge in [-0.3, -0.25) is 4.68 Å². The molecule has 1 rings (SSSR count). The quantitative estimate of drug-likeness (QED) is 0.758. The molecule has 2 nitrogen and oxygen atoms in total. The molecule has 0 aliphatic rings. The van der Waals surface area contributed by atoms with Crippen LogP contribution in [0.1, 0.15) is 33.4 Å². The predicted molar refractivity (Wildman–Crippen MR) is 59.3 cm³/mol. The molecular formula is C9H14BrClN2. The van der Waals surface area contributed by atoms with Gasteiger partial charge in [-0.2, -0.15) is 5.10 Å². The first-order valence-corrected chi connectivity index (χ1v) is 5.47. The van der Waals surface area contributed by atoms with Gasteiger partial charge in [-0.05, 0) is 22.9 Å². The minimum Gasteiger partial charge on any atom is -0.253 e. The number of rotatable bonds is 1. The van der Waals surface area contributed by atoms with Gasteiger partial charge in [0.1, 0.15) is 5.15 Å². The van der Waals surface area contributed by atoms with Gasteiger partial charge >= 0.3 is 0 Å². The van der Waals surface area contributed by atoms with Gasteiger partial charge in [0, 0.05) is 12.0 Å². The Morgan fingerprint density at radius 2 is 2.00 bits per heavy atom. The van der Waals surface area contributed by atoms with Gasteiger partial charge in [0.05, 0.1) is 10.2 Å². The molecule has 0 atom stereocenters. The summed E-state index contributed by atoms with van der Waals surface area (Å²) in [6.07, 6.45) is 0. The van der Waals surface area contributed by atoms with Crippen LogP contribution in [0.3, 0.4) is 0 Å². The van der Waals surface area contributed by atoms with Crippen molar-refractivity contribution in [2.45, 2.75) is 39.7 Å². The van der Waals surface area contributed by atoms with Gasteiger partial charge in [-0.1, -0.05) is 32.4 Å². The number of hydrogen-bond donors (Lipinski definition) is 0. The Hall–Kier alpha value is -0.0200. The van der Waals surface area contributed by atoms with Crippen LogP contribution < -0.4 is 0 Å². The second-order valence-electron chi connectivity index (χ2n) is 4.02. The lowest BCUT2D eigenvalue weighted by molar-refractivity contribution is 0.539. The van der Waals surface area contributed by atoms with Gasteiger partial charge in [-0.25, -0.2) is 0 Å². The normalized spacial score (nSPS) is 12.2. The summed E-state index contributed by atoms with van der Waals surface area (Å²) in [6, 6.07) is 0. The van der Waals surface area contributed by atoms with Crippen molar-refractivity contribution in [2.24, 2.45) is 0 Å². The van der Waals surface area contributed by atoms with Gasteiger partial charge < -0.3 is 0 Å². The first-order valence-electron chi connectivity index (χ1n) is 4.30. The molecule has 0 spiro atoms. The van der Waals surface area contributed by atoms with Crippen LogP contribution in [-0.2, 0) is 12.0 Å². The first-order chi connectivity index (χ1) is 5.88. The highest BCUT2D eigenvalue weighted by Gasteiger charge is 2.24. The van der Waals surface area contributed by atoms with E-state index in [-0.39, 0.29) is 5.41 Å². The van der Waals surface area contributed by atoms with Crippen LogP contribution in [0.5, 0.6) is 0 Å². The molecule has 0 aliphatic carbocycles. The van der Waals surface area contributed by atoms with Crippen molar-refractivity contribution in [2.75, 3.05) is 0 Å². The van der Waals surface area contributed by atoms with E-state index < -0.39 is 0 Å². The maximum Gasteiger partial charge on any atom is 0.141 e. The Morgan fingerprint density at radius 3 is 2.23 bits per heavy atom. The Bertz CT molecular complexity index is 312. The van der Waals surface area contributed by atoms with E-state index in [4.69, 9.17) is 11.6 Å². The molecule has 1 aromatic rings. The topological polar surface area (TPSA) is 17.8 Å². The third-order valence-corrected chi connectivity index (χ3v) is 3.21. The molecule has 0 N–H and O–H groups in total. The molecule has 13 heavy (non-hydrogen) atoms. The van der Waals surface area contributed by atoms with E-state index in [0.717, 1.165) is 16.7 Å². The number of hydrogen-bond acceptors (Lipinski definition) is 1.